The molecule has 9 nitrogen and oxygen atoms in total. The quantitative estimate of drug-likeness (QED) is 0.460. The SMILES string of the molecule is Cc1ccc(NC(=O)CC(=O)Nc2nc(C(N)S(C)(=O)=O)c(Cl)s2)c(OCC(C)C)c1. The Kier molecular flexibility index (Phi) is 8.41. The zero-order valence-corrected chi connectivity index (χ0v) is 20.0. The highest BCUT2D eigenvalue weighted by molar-refractivity contribution is 7.90. The molecule has 0 aliphatic heterocycles. The Morgan fingerprint density at radius 3 is 2.52 bits per heavy atom. The van der Waals surface area contributed by atoms with Gasteiger partial charge >= 0.3 is 0 Å². The average molecular weight is 489 g/mol. The first kappa shape index (κ1) is 25.1. The Hall–Kier alpha value is -2.21. The maximum Gasteiger partial charge on any atom is 0.235 e. The van der Waals surface area contributed by atoms with Gasteiger partial charge < -0.3 is 21.1 Å². The van der Waals surface area contributed by atoms with E-state index < -0.39 is 33.4 Å². The largest absolute Gasteiger partial charge is 0.491 e. The second-order valence-electron chi connectivity index (χ2n) is 7.41. The number of hydrogen-bond acceptors (Lipinski definition) is 8. The fourth-order valence-corrected chi connectivity index (χ4v) is 4.21. The van der Waals surface area contributed by atoms with E-state index in [0.717, 1.165) is 23.2 Å². The number of rotatable bonds is 9. The molecule has 12 heteroatoms. The van der Waals surface area contributed by atoms with Crippen LogP contribution in [0.3, 0.4) is 0 Å². The van der Waals surface area contributed by atoms with Gasteiger partial charge in [-0.15, -0.1) is 0 Å². The number of benzene rings is 1. The van der Waals surface area contributed by atoms with Crippen LogP contribution >= 0.6 is 22.9 Å². The van der Waals surface area contributed by atoms with Gasteiger partial charge in [0.15, 0.2) is 20.3 Å². The zero-order valence-electron chi connectivity index (χ0n) is 17.6. The average Bonchev–Trinajstić information content (AvgIpc) is 2.99. The molecule has 0 aliphatic carbocycles. The number of nitrogens with zero attached hydrogens (tertiary/aromatic N) is 1. The van der Waals surface area contributed by atoms with Crippen molar-refractivity contribution in [2.75, 3.05) is 23.5 Å². The molecule has 2 amide bonds. The number of carbonyl (C=O) groups is 2. The number of thiazole rings is 1. The molecule has 0 fully saturated rings. The van der Waals surface area contributed by atoms with Crippen LogP contribution in [0.2, 0.25) is 4.34 Å². The Balaban J connectivity index is 2.02. The lowest BCUT2D eigenvalue weighted by Crippen LogP contribution is -2.23. The summed E-state index contributed by atoms with van der Waals surface area (Å²) in [5, 5.41) is 3.74. The van der Waals surface area contributed by atoms with Crippen LogP contribution in [-0.2, 0) is 19.4 Å². The number of sulfone groups is 1. The van der Waals surface area contributed by atoms with Gasteiger partial charge in [0, 0.05) is 6.26 Å². The van der Waals surface area contributed by atoms with Gasteiger partial charge in [-0.3, -0.25) is 9.59 Å². The molecule has 0 bridgehead atoms. The third-order valence-electron chi connectivity index (χ3n) is 3.89. The van der Waals surface area contributed by atoms with Crippen molar-refractivity contribution in [1.82, 2.24) is 4.98 Å². The molecular formula is C19H25ClN4O5S2. The first-order chi connectivity index (χ1) is 14.4. The summed E-state index contributed by atoms with van der Waals surface area (Å²) in [7, 11) is -3.62. The second-order valence-corrected chi connectivity index (χ2v) is 11.2. The molecular weight excluding hydrogens is 464 g/mol. The van der Waals surface area contributed by atoms with Crippen molar-refractivity contribution in [2.24, 2.45) is 11.7 Å². The summed E-state index contributed by atoms with van der Waals surface area (Å²) in [5.41, 5.74) is 7.01. The maximum atomic E-state index is 12.3. The molecule has 31 heavy (non-hydrogen) atoms. The van der Waals surface area contributed by atoms with Crippen molar-refractivity contribution in [1.29, 1.82) is 0 Å². The van der Waals surface area contributed by atoms with E-state index in [2.05, 4.69) is 15.6 Å². The Morgan fingerprint density at radius 2 is 1.90 bits per heavy atom. The van der Waals surface area contributed by atoms with Gasteiger partial charge in [-0.1, -0.05) is 42.9 Å². The van der Waals surface area contributed by atoms with E-state index in [1.165, 1.54) is 0 Å². The summed E-state index contributed by atoms with van der Waals surface area (Å²) < 4.78 is 29.0. The fraction of sp³-hybridized carbons (Fsp3) is 0.421. The molecule has 4 N–H and O–H groups in total. The molecule has 170 valence electrons. The first-order valence-corrected chi connectivity index (χ1v) is 12.5. The molecule has 2 rings (SSSR count). The first-order valence-electron chi connectivity index (χ1n) is 9.30. The second kappa shape index (κ2) is 10.4. The highest BCUT2D eigenvalue weighted by Crippen LogP contribution is 2.33. The minimum atomic E-state index is -3.62. The van der Waals surface area contributed by atoms with Crippen LogP contribution in [0.25, 0.3) is 0 Å². The topological polar surface area (TPSA) is 140 Å². The van der Waals surface area contributed by atoms with E-state index in [-0.39, 0.29) is 15.2 Å². The summed E-state index contributed by atoms with van der Waals surface area (Å²) in [6.45, 7) is 6.41. The van der Waals surface area contributed by atoms with Crippen LogP contribution < -0.4 is 21.1 Å². The minimum Gasteiger partial charge on any atom is -0.491 e. The van der Waals surface area contributed by atoms with Crippen LogP contribution in [0, 0.1) is 12.8 Å². The van der Waals surface area contributed by atoms with Gasteiger partial charge in [-0.05, 0) is 30.5 Å². The van der Waals surface area contributed by atoms with Crippen molar-refractivity contribution in [3.8, 4) is 5.75 Å². The van der Waals surface area contributed by atoms with Gasteiger partial charge in [0.1, 0.15) is 22.2 Å². The van der Waals surface area contributed by atoms with E-state index in [0.29, 0.717) is 24.0 Å². The number of carbonyl (C=O) groups excluding carboxylic acids is 2. The number of aromatic nitrogens is 1. The van der Waals surface area contributed by atoms with Crippen molar-refractivity contribution >= 4 is 55.4 Å². The molecule has 0 aliphatic rings. The third-order valence-corrected chi connectivity index (χ3v) is 6.24. The van der Waals surface area contributed by atoms with Crippen molar-refractivity contribution in [2.45, 2.75) is 32.6 Å². The highest BCUT2D eigenvalue weighted by atomic mass is 35.5. The summed E-state index contributed by atoms with van der Waals surface area (Å²) in [6.07, 6.45) is 0.475. The van der Waals surface area contributed by atoms with Crippen molar-refractivity contribution in [3.63, 3.8) is 0 Å². The number of ether oxygens (including phenoxy) is 1. The number of anilines is 2. The number of nitrogens with one attached hydrogen (secondary N) is 2. The lowest BCUT2D eigenvalue weighted by Gasteiger charge is -2.14. The zero-order chi connectivity index (χ0) is 23.3. The van der Waals surface area contributed by atoms with E-state index >= 15 is 0 Å². The number of halogens is 1. The molecule has 0 radical (unpaired) electrons. The van der Waals surface area contributed by atoms with E-state index in [1.54, 1.807) is 6.07 Å². The standard InChI is InChI=1S/C19H25ClN4O5S2/c1-10(2)9-29-13-7-11(3)5-6-12(13)22-14(25)8-15(26)23-19-24-16(17(20)30-19)18(21)31(4,27)28/h5-7,10,18H,8-9,21H2,1-4H3,(H,22,25)(H,23,24,26). The smallest absolute Gasteiger partial charge is 0.235 e. The Bertz CT molecular complexity index is 1070. The van der Waals surface area contributed by atoms with Crippen molar-refractivity contribution in [3.05, 3.63) is 33.8 Å². The molecule has 0 spiro atoms. The van der Waals surface area contributed by atoms with Crippen LogP contribution in [0.15, 0.2) is 18.2 Å². The molecule has 1 unspecified atom stereocenters. The lowest BCUT2D eigenvalue weighted by molar-refractivity contribution is -0.123. The normalized spacial score (nSPS) is 12.5. The van der Waals surface area contributed by atoms with Gasteiger partial charge in [-0.2, -0.15) is 0 Å². The molecule has 0 saturated carbocycles. The molecule has 1 atom stereocenters. The lowest BCUT2D eigenvalue weighted by atomic mass is 10.2. The summed E-state index contributed by atoms with van der Waals surface area (Å²) in [5.74, 6) is -0.361. The minimum absolute atomic E-state index is 0.0456. The van der Waals surface area contributed by atoms with Crippen LogP contribution in [0.5, 0.6) is 5.75 Å². The Labute approximate surface area is 190 Å². The van der Waals surface area contributed by atoms with Gasteiger partial charge in [0.2, 0.25) is 11.8 Å². The van der Waals surface area contributed by atoms with Gasteiger partial charge in [-0.25, -0.2) is 13.4 Å². The van der Waals surface area contributed by atoms with Crippen LogP contribution in [0.4, 0.5) is 10.8 Å². The third kappa shape index (κ3) is 7.46. The molecule has 1 aromatic heterocycles. The van der Waals surface area contributed by atoms with E-state index in [1.807, 2.05) is 32.9 Å². The predicted molar refractivity (Wildman–Crippen MR) is 122 cm³/mol. The van der Waals surface area contributed by atoms with E-state index in [9.17, 15) is 18.0 Å². The summed E-state index contributed by atoms with van der Waals surface area (Å²) in [4.78, 5) is 28.5. The molecule has 0 saturated heterocycles. The van der Waals surface area contributed by atoms with E-state index in [4.69, 9.17) is 22.1 Å². The molecule has 2 aromatic rings. The Morgan fingerprint density at radius 1 is 1.26 bits per heavy atom. The molecule has 1 heterocycles. The van der Waals surface area contributed by atoms with Crippen molar-refractivity contribution < 1.29 is 22.7 Å². The van der Waals surface area contributed by atoms with Crippen LogP contribution in [-0.4, -0.2) is 38.1 Å². The number of amides is 2. The monoisotopic (exact) mass is 488 g/mol. The highest BCUT2D eigenvalue weighted by Gasteiger charge is 2.25. The molecule has 1 aromatic carbocycles. The summed E-state index contributed by atoms with van der Waals surface area (Å²) in [6, 6.07) is 5.34. The number of nitrogens with two attached hydrogens (primary N) is 1. The van der Waals surface area contributed by atoms with Gasteiger partial charge in [0.25, 0.3) is 0 Å². The number of hydrogen-bond donors (Lipinski definition) is 3. The number of aryl methyl sites for hydroxylation is 1. The fourth-order valence-electron chi connectivity index (χ4n) is 2.36. The van der Waals surface area contributed by atoms with Gasteiger partial charge in [0.05, 0.1) is 12.3 Å². The summed E-state index contributed by atoms with van der Waals surface area (Å²) >= 11 is 6.85. The maximum absolute atomic E-state index is 12.3. The predicted octanol–water partition coefficient (Wildman–Crippen LogP) is 3.11. The van der Waals surface area contributed by atoms with Crippen LogP contribution in [0.1, 0.15) is 36.9 Å².